The largest absolute Gasteiger partial charge is 0.286 e. The molecule has 0 saturated heterocycles. The van der Waals surface area contributed by atoms with Gasteiger partial charge in [0.15, 0.2) is 0 Å². The average molecular weight is 247 g/mol. The van der Waals surface area contributed by atoms with Gasteiger partial charge >= 0.3 is 0 Å². The van der Waals surface area contributed by atoms with Crippen molar-refractivity contribution in [2.45, 2.75) is 6.92 Å². The van der Waals surface area contributed by atoms with Gasteiger partial charge in [0.05, 0.1) is 11.0 Å². The monoisotopic (exact) mass is 247 g/mol. The topological polar surface area (TPSA) is 22.2 Å². The van der Waals surface area contributed by atoms with Gasteiger partial charge in [0.1, 0.15) is 0 Å². The van der Waals surface area contributed by atoms with E-state index in [0.717, 1.165) is 22.5 Å². The fraction of sp³-hybridized carbons (Fsp3) is 0.0625. The molecule has 0 fully saturated rings. The number of aromatic nitrogens is 3. The Kier molecular flexibility index (Phi) is 2.03. The minimum absolute atomic E-state index is 0.951. The van der Waals surface area contributed by atoms with Gasteiger partial charge in [-0.1, -0.05) is 24.3 Å². The fourth-order valence-corrected chi connectivity index (χ4v) is 2.53. The van der Waals surface area contributed by atoms with Crippen molar-refractivity contribution >= 4 is 16.8 Å². The second-order valence-corrected chi connectivity index (χ2v) is 4.78. The molecule has 4 aromatic rings. The van der Waals surface area contributed by atoms with Gasteiger partial charge in [-0.25, -0.2) is 4.98 Å². The smallest absolute Gasteiger partial charge is 0.219 e. The number of fused-ring (bicyclic) bond motifs is 3. The van der Waals surface area contributed by atoms with Gasteiger partial charge in [-0.2, -0.15) is 0 Å². The highest BCUT2D eigenvalue weighted by Crippen LogP contribution is 2.20. The molecule has 0 saturated carbocycles. The van der Waals surface area contributed by atoms with Gasteiger partial charge in [-0.3, -0.25) is 8.97 Å². The summed E-state index contributed by atoms with van der Waals surface area (Å²) >= 11 is 0. The second-order valence-electron chi connectivity index (χ2n) is 4.78. The number of aryl methyl sites for hydroxylation is 1. The van der Waals surface area contributed by atoms with Crippen LogP contribution < -0.4 is 0 Å². The lowest BCUT2D eigenvalue weighted by atomic mass is 10.2. The van der Waals surface area contributed by atoms with E-state index < -0.39 is 0 Å². The number of benzene rings is 2. The molecule has 19 heavy (non-hydrogen) atoms. The second kappa shape index (κ2) is 3.72. The first-order valence-corrected chi connectivity index (χ1v) is 6.34. The zero-order chi connectivity index (χ0) is 12.8. The summed E-state index contributed by atoms with van der Waals surface area (Å²) in [5, 5.41) is 0. The van der Waals surface area contributed by atoms with Crippen LogP contribution in [0.25, 0.3) is 22.5 Å². The van der Waals surface area contributed by atoms with Crippen LogP contribution in [0.15, 0.2) is 60.9 Å². The number of imidazole rings is 2. The van der Waals surface area contributed by atoms with Gasteiger partial charge < -0.3 is 0 Å². The van der Waals surface area contributed by atoms with Gasteiger partial charge in [0.25, 0.3) is 0 Å². The van der Waals surface area contributed by atoms with Gasteiger partial charge in [0.2, 0.25) is 5.78 Å². The van der Waals surface area contributed by atoms with Crippen LogP contribution in [0.5, 0.6) is 0 Å². The fourth-order valence-electron chi connectivity index (χ4n) is 2.53. The first-order chi connectivity index (χ1) is 9.33. The van der Waals surface area contributed by atoms with E-state index in [4.69, 9.17) is 4.98 Å². The Morgan fingerprint density at radius 3 is 2.74 bits per heavy atom. The number of para-hydroxylation sites is 2. The van der Waals surface area contributed by atoms with Crippen molar-refractivity contribution in [1.29, 1.82) is 0 Å². The van der Waals surface area contributed by atoms with E-state index >= 15 is 0 Å². The zero-order valence-electron chi connectivity index (χ0n) is 10.6. The number of hydrogen-bond donors (Lipinski definition) is 0. The van der Waals surface area contributed by atoms with Crippen molar-refractivity contribution in [3.8, 4) is 5.69 Å². The van der Waals surface area contributed by atoms with Crippen LogP contribution in [0.3, 0.4) is 0 Å². The molecule has 0 amide bonds. The van der Waals surface area contributed by atoms with E-state index in [2.05, 4.69) is 58.6 Å². The molecule has 0 aliphatic heterocycles. The molecule has 0 aliphatic carbocycles. The summed E-state index contributed by atoms with van der Waals surface area (Å²) in [6.45, 7) is 2.10. The molecule has 0 bridgehead atoms. The lowest BCUT2D eigenvalue weighted by Crippen LogP contribution is -1.93. The molecule has 4 rings (SSSR count). The van der Waals surface area contributed by atoms with E-state index in [1.807, 2.05) is 18.2 Å². The lowest BCUT2D eigenvalue weighted by Gasteiger charge is -2.03. The summed E-state index contributed by atoms with van der Waals surface area (Å²) in [5.74, 6) is 0.951. The molecule has 0 N–H and O–H groups in total. The highest BCUT2D eigenvalue weighted by molar-refractivity contribution is 5.80. The number of rotatable bonds is 1. The predicted molar refractivity (Wildman–Crippen MR) is 76.8 cm³/mol. The number of nitrogens with zero attached hydrogens (tertiary/aromatic N) is 3. The van der Waals surface area contributed by atoms with Crippen molar-refractivity contribution in [2.75, 3.05) is 0 Å². The Morgan fingerprint density at radius 1 is 0.947 bits per heavy atom. The van der Waals surface area contributed by atoms with Crippen LogP contribution in [-0.4, -0.2) is 14.0 Å². The van der Waals surface area contributed by atoms with Gasteiger partial charge in [0, 0.05) is 18.1 Å². The maximum Gasteiger partial charge on any atom is 0.219 e. The third kappa shape index (κ3) is 1.48. The van der Waals surface area contributed by atoms with Crippen molar-refractivity contribution in [3.05, 3.63) is 66.5 Å². The summed E-state index contributed by atoms with van der Waals surface area (Å²) in [6, 6.07) is 16.6. The Balaban J connectivity index is 2.05. The van der Waals surface area contributed by atoms with Crippen LogP contribution in [0.4, 0.5) is 0 Å². The summed E-state index contributed by atoms with van der Waals surface area (Å²) in [7, 11) is 0. The lowest BCUT2D eigenvalue weighted by molar-refractivity contribution is 1.07. The summed E-state index contributed by atoms with van der Waals surface area (Å²) in [4.78, 5) is 4.71. The number of hydrogen-bond acceptors (Lipinski definition) is 1. The standard InChI is InChI=1S/C16H13N3/c1-12-5-4-6-13(11-12)18-9-10-19-15-8-3-2-7-14(15)17-16(18)19/h2-11H,1H3. The van der Waals surface area contributed by atoms with E-state index in [-0.39, 0.29) is 0 Å². The van der Waals surface area contributed by atoms with Crippen molar-refractivity contribution in [1.82, 2.24) is 14.0 Å². The summed E-state index contributed by atoms with van der Waals surface area (Å²) in [6.07, 6.45) is 4.12. The molecule has 2 heterocycles. The molecule has 0 atom stereocenters. The third-order valence-electron chi connectivity index (χ3n) is 3.44. The first-order valence-electron chi connectivity index (χ1n) is 6.34. The normalized spacial score (nSPS) is 11.4. The predicted octanol–water partition coefficient (Wildman–Crippen LogP) is 3.59. The average Bonchev–Trinajstić information content (AvgIpc) is 2.97. The van der Waals surface area contributed by atoms with Crippen molar-refractivity contribution in [3.63, 3.8) is 0 Å². The molecule has 3 nitrogen and oxygen atoms in total. The molecule has 0 unspecified atom stereocenters. The van der Waals surface area contributed by atoms with Crippen LogP contribution in [-0.2, 0) is 0 Å². The van der Waals surface area contributed by atoms with Crippen LogP contribution in [0.2, 0.25) is 0 Å². The third-order valence-corrected chi connectivity index (χ3v) is 3.44. The Hall–Kier alpha value is -2.55. The molecule has 2 aromatic carbocycles. The quantitative estimate of drug-likeness (QED) is 0.504. The van der Waals surface area contributed by atoms with Gasteiger partial charge in [-0.15, -0.1) is 0 Å². The molecule has 3 heteroatoms. The highest BCUT2D eigenvalue weighted by Gasteiger charge is 2.09. The minimum Gasteiger partial charge on any atom is -0.286 e. The van der Waals surface area contributed by atoms with Crippen molar-refractivity contribution in [2.24, 2.45) is 0 Å². The maximum absolute atomic E-state index is 4.71. The van der Waals surface area contributed by atoms with Crippen molar-refractivity contribution < 1.29 is 0 Å². The molecule has 92 valence electrons. The van der Waals surface area contributed by atoms with Crippen LogP contribution in [0.1, 0.15) is 5.56 Å². The molecule has 0 spiro atoms. The molecule has 0 aliphatic rings. The van der Waals surface area contributed by atoms with E-state index in [0.29, 0.717) is 0 Å². The highest BCUT2D eigenvalue weighted by atomic mass is 15.2. The van der Waals surface area contributed by atoms with Crippen LogP contribution >= 0.6 is 0 Å². The first kappa shape index (κ1) is 10.4. The Morgan fingerprint density at radius 2 is 1.84 bits per heavy atom. The zero-order valence-corrected chi connectivity index (χ0v) is 10.6. The summed E-state index contributed by atoms with van der Waals surface area (Å²) < 4.78 is 4.24. The van der Waals surface area contributed by atoms with E-state index in [1.165, 1.54) is 5.56 Å². The minimum atomic E-state index is 0.951. The molecular weight excluding hydrogens is 234 g/mol. The van der Waals surface area contributed by atoms with E-state index in [9.17, 15) is 0 Å². The molecule has 2 aromatic heterocycles. The Bertz CT molecular complexity index is 883. The molecule has 0 radical (unpaired) electrons. The SMILES string of the molecule is Cc1cccc(-n2ccn3c4ccccc4nc23)c1. The molecular formula is C16H13N3. The van der Waals surface area contributed by atoms with E-state index in [1.54, 1.807) is 0 Å². The maximum atomic E-state index is 4.71. The Labute approximate surface area is 110 Å². The summed E-state index contributed by atoms with van der Waals surface area (Å²) in [5.41, 5.74) is 4.56. The van der Waals surface area contributed by atoms with Gasteiger partial charge in [-0.05, 0) is 36.8 Å². The van der Waals surface area contributed by atoms with Crippen LogP contribution in [0, 0.1) is 6.92 Å².